The van der Waals surface area contributed by atoms with Gasteiger partial charge in [0.2, 0.25) is 5.91 Å². The number of fused-ring (bicyclic) bond motifs is 1. The van der Waals surface area contributed by atoms with Crippen molar-refractivity contribution < 1.29 is 4.79 Å². The molecule has 1 amide bonds. The predicted molar refractivity (Wildman–Crippen MR) is 96.7 cm³/mol. The first-order chi connectivity index (χ1) is 11.5. The van der Waals surface area contributed by atoms with Crippen LogP contribution in [0.25, 0.3) is 10.8 Å². The molecular formula is C18H16BrN3O2. The summed E-state index contributed by atoms with van der Waals surface area (Å²) in [6.07, 6.45) is 0.143. The number of halogens is 1. The second-order valence-electron chi connectivity index (χ2n) is 5.60. The lowest BCUT2D eigenvalue weighted by Gasteiger charge is -2.17. The minimum absolute atomic E-state index is 0.0531. The van der Waals surface area contributed by atoms with Gasteiger partial charge in [-0.15, -0.1) is 0 Å². The molecule has 3 rings (SSSR count). The quantitative estimate of drug-likeness (QED) is 0.750. The number of hydrogen-bond acceptors (Lipinski definition) is 3. The SMILES string of the molecule is CN(Cc1ccc(Br)cc1)C(=O)Cc1n[nH]c(=O)c2ccccc12. The third-order valence-corrected chi connectivity index (χ3v) is 4.38. The van der Waals surface area contributed by atoms with Crippen molar-refractivity contribution in [3.8, 4) is 0 Å². The maximum atomic E-state index is 12.5. The molecule has 1 N–H and O–H groups in total. The van der Waals surface area contributed by atoms with Crippen molar-refractivity contribution in [2.24, 2.45) is 0 Å². The van der Waals surface area contributed by atoms with E-state index < -0.39 is 0 Å². The number of nitrogens with zero attached hydrogens (tertiary/aromatic N) is 2. The molecule has 122 valence electrons. The number of nitrogens with one attached hydrogen (secondary N) is 1. The first-order valence-electron chi connectivity index (χ1n) is 7.49. The molecule has 0 fully saturated rings. The molecule has 0 unspecified atom stereocenters. The molecule has 0 saturated heterocycles. The monoisotopic (exact) mass is 385 g/mol. The fourth-order valence-corrected chi connectivity index (χ4v) is 2.80. The Kier molecular flexibility index (Phi) is 4.76. The van der Waals surface area contributed by atoms with Crippen LogP contribution in [0.4, 0.5) is 0 Å². The highest BCUT2D eigenvalue weighted by Crippen LogP contribution is 2.15. The maximum Gasteiger partial charge on any atom is 0.272 e. The summed E-state index contributed by atoms with van der Waals surface area (Å²) in [4.78, 5) is 26.0. The second kappa shape index (κ2) is 6.97. The molecule has 0 aliphatic rings. The van der Waals surface area contributed by atoms with E-state index >= 15 is 0 Å². The van der Waals surface area contributed by atoms with E-state index in [1.54, 1.807) is 24.1 Å². The van der Waals surface area contributed by atoms with Gasteiger partial charge in [-0.25, -0.2) is 5.10 Å². The smallest absolute Gasteiger partial charge is 0.272 e. The number of hydrogen-bond donors (Lipinski definition) is 1. The summed E-state index contributed by atoms with van der Waals surface area (Å²) >= 11 is 3.40. The van der Waals surface area contributed by atoms with Gasteiger partial charge in [-0.2, -0.15) is 5.10 Å². The molecule has 0 atom stereocenters. The van der Waals surface area contributed by atoms with Crippen molar-refractivity contribution in [2.45, 2.75) is 13.0 Å². The van der Waals surface area contributed by atoms with Crippen molar-refractivity contribution in [2.75, 3.05) is 7.05 Å². The molecule has 6 heteroatoms. The molecule has 0 saturated carbocycles. The molecule has 1 aromatic heterocycles. The van der Waals surface area contributed by atoms with E-state index in [2.05, 4.69) is 26.1 Å². The highest BCUT2D eigenvalue weighted by molar-refractivity contribution is 9.10. The number of H-pyrrole nitrogens is 1. The fraction of sp³-hybridized carbons (Fsp3) is 0.167. The summed E-state index contributed by atoms with van der Waals surface area (Å²) in [5, 5.41) is 7.78. The maximum absolute atomic E-state index is 12.5. The number of amides is 1. The topological polar surface area (TPSA) is 66.1 Å². The first-order valence-corrected chi connectivity index (χ1v) is 8.28. The molecule has 0 radical (unpaired) electrons. The molecule has 0 aliphatic carbocycles. The number of likely N-dealkylation sites (N-methyl/N-ethyl adjacent to an activating group) is 1. The Labute approximate surface area is 147 Å². The third-order valence-electron chi connectivity index (χ3n) is 3.85. The zero-order chi connectivity index (χ0) is 17.1. The van der Waals surface area contributed by atoms with Crippen LogP contribution < -0.4 is 5.56 Å². The molecule has 24 heavy (non-hydrogen) atoms. The summed E-state index contributed by atoms with van der Waals surface area (Å²) in [5.74, 6) is -0.0531. The van der Waals surface area contributed by atoms with Crippen molar-refractivity contribution in [3.63, 3.8) is 0 Å². The van der Waals surface area contributed by atoms with Gasteiger partial charge in [0.1, 0.15) is 0 Å². The van der Waals surface area contributed by atoms with Gasteiger partial charge < -0.3 is 4.90 Å². The van der Waals surface area contributed by atoms with Crippen molar-refractivity contribution in [3.05, 3.63) is 74.6 Å². The number of carbonyl (C=O) groups excluding carboxylic acids is 1. The molecular weight excluding hydrogens is 370 g/mol. The van der Waals surface area contributed by atoms with Gasteiger partial charge in [0.25, 0.3) is 5.56 Å². The van der Waals surface area contributed by atoms with Gasteiger partial charge in [0.15, 0.2) is 0 Å². The van der Waals surface area contributed by atoms with Crippen molar-refractivity contribution in [1.29, 1.82) is 0 Å². The summed E-state index contributed by atoms with van der Waals surface area (Å²) in [5.41, 5.74) is 1.39. The Balaban J connectivity index is 1.78. The van der Waals surface area contributed by atoms with E-state index in [4.69, 9.17) is 0 Å². The average Bonchev–Trinajstić information content (AvgIpc) is 2.59. The van der Waals surface area contributed by atoms with Gasteiger partial charge in [-0.3, -0.25) is 9.59 Å². The predicted octanol–water partition coefficient (Wildman–Crippen LogP) is 2.89. The van der Waals surface area contributed by atoms with Crippen LogP contribution in [0, 0.1) is 0 Å². The van der Waals surface area contributed by atoms with Crippen LogP contribution in [0.15, 0.2) is 57.8 Å². The molecule has 1 heterocycles. The number of carbonyl (C=O) groups is 1. The van der Waals surface area contributed by atoms with Gasteiger partial charge >= 0.3 is 0 Å². The summed E-state index contributed by atoms with van der Waals surface area (Å²) in [6.45, 7) is 0.521. The van der Waals surface area contributed by atoms with Crippen LogP contribution >= 0.6 is 15.9 Å². The molecule has 0 bridgehead atoms. The summed E-state index contributed by atoms with van der Waals surface area (Å²) < 4.78 is 1.00. The number of benzene rings is 2. The fourth-order valence-electron chi connectivity index (χ4n) is 2.54. The normalized spacial score (nSPS) is 10.8. The van der Waals surface area contributed by atoms with Crippen LogP contribution in [0.1, 0.15) is 11.3 Å². The number of aromatic amines is 1. The highest BCUT2D eigenvalue weighted by Gasteiger charge is 2.14. The largest absolute Gasteiger partial charge is 0.341 e. The second-order valence-corrected chi connectivity index (χ2v) is 6.51. The molecule has 5 nitrogen and oxygen atoms in total. The number of aromatic nitrogens is 2. The minimum atomic E-state index is -0.245. The lowest BCUT2D eigenvalue weighted by Crippen LogP contribution is -2.28. The van der Waals surface area contributed by atoms with E-state index in [1.807, 2.05) is 36.4 Å². The minimum Gasteiger partial charge on any atom is -0.341 e. The molecule has 0 spiro atoms. The van der Waals surface area contributed by atoms with Crippen molar-refractivity contribution in [1.82, 2.24) is 15.1 Å². The van der Waals surface area contributed by atoms with Crippen LogP contribution in [0.3, 0.4) is 0 Å². The lowest BCUT2D eigenvalue weighted by molar-refractivity contribution is -0.129. The Morgan fingerprint density at radius 1 is 1.12 bits per heavy atom. The zero-order valence-electron chi connectivity index (χ0n) is 13.1. The zero-order valence-corrected chi connectivity index (χ0v) is 14.7. The van der Waals surface area contributed by atoms with Gasteiger partial charge in [0.05, 0.1) is 17.5 Å². The van der Waals surface area contributed by atoms with E-state index in [0.717, 1.165) is 10.0 Å². The van der Waals surface area contributed by atoms with Crippen LogP contribution in [0.5, 0.6) is 0 Å². The van der Waals surface area contributed by atoms with Crippen LogP contribution in [0.2, 0.25) is 0 Å². The summed E-state index contributed by atoms with van der Waals surface area (Å²) in [7, 11) is 1.76. The first kappa shape index (κ1) is 16.4. The summed E-state index contributed by atoms with van der Waals surface area (Å²) in [6, 6.07) is 15.0. The Morgan fingerprint density at radius 2 is 1.79 bits per heavy atom. The van der Waals surface area contributed by atoms with E-state index in [9.17, 15) is 9.59 Å². The Morgan fingerprint density at radius 3 is 2.50 bits per heavy atom. The third kappa shape index (κ3) is 3.54. The van der Waals surface area contributed by atoms with E-state index in [-0.39, 0.29) is 17.9 Å². The molecule has 0 aliphatic heterocycles. The molecule has 3 aromatic rings. The average molecular weight is 386 g/mol. The Hall–Kier alpha value is -2.47. The van der Waals surface area contributed by atoms with Gasteiger partial charge in [-0.05, 0) is 23.8 Å². The standard InChI is InChI=1S/C18H16BrN3O2/c1-22(11-12-6-8-13(19)9-7-12)17(23)10-16-14-4-2-3-5-15(14)18(24)21-20-16/h2-9H,10-11H2,1H3,(H,21,24). The van der Waals surface area contributed by atoms with Crippen LogP contribution in [-0.4, -0.2) is 28.1 Å². The van der Waals surface area contributed by atoms with Gasteiger partial charge in [-0.1, -0.05) is 46.3 Å². The van der Waals surface area contributed by atoms with E-state index in [1.165, 1.54) is 0 Å². The highest BCUT2D eigenvalue weighted by atomic mass is 79.9. The van der Waals surface area contributed by atoms with Crippen molar-refractivity contribution >= 4 is 32.6 Å². The van der Waals surface area contributed by atoms with Crippen LogP contribution in [-0.2, 0) is 17.8 Å². The van der Waals surface area contributed by atoms with E-state index in [0.29, 0.717) is 23.0 Å². The number of rotatable bonds is 4. The lowest BCUT2D eigenvalue weighted by atomic mass is 10.1. The van der Waals surface area contributed by atoms with Gasteiger partial charge in [0, 0.05) is 23.5 Å². The Bertz CT molecular complexity index is 935. The molecule has 2 aromatic carbocycles.